The Balaban J connectivity index is 1.46. The summed E-state index contributed by atoms with van der Waals surface area (Å²) in [7, 11) is -4.09. The first-order valence-electron chi connectivity index (χ1n) is 13.3. The van der Waals surface area contributed by atoms with Crippen molar-refractivity contribution in [1.82, 2.24) is 5.43 Å². The van der Waals surface area contributed by atoms with Gasteiger partial charge in [0.05, 0.1) is 22.9 Å². The minimum atomic E-state index is -4.09. The van der Waals surface area contributed by atoms with Gasteiger partial charge in [0.25, 0.3) is 21.8 Å². The Labute approximate surface area is 245 Å². The molecule has 4 aromatic rings. The Bertz CT molecular complexity index is 1650. The van der Waals surface area contributed by atoms with E-state index in [1.807, 2.05) is 19.9 Å². The van der Waals surface area contributed by atoms with Gasteiger partial charge in [0.15, 0.2) is 0 Å². The van der Waals surface area contributed by atoms with Gasteiger partial charge in [-0.15, -0.1) is 0 Å². The molecule has 0 aliphatic rings. The fraction of sp³-hybridized carbons (Fsp3) is 0.156. The third-order valence-electron chi connectivity index (χ3n) is 6.28. The van der Waals surface area contributed by atoms with E-state index in [0.717, 1.165) is 9.87 Å². The molecule has 42 heavy (non-hydrogen) atoms. The Hall–Kier alpha value is -4.96. The number of ether oxygens (including phenoxy) is 1. The van der Waals surface area contributed by atoms with Crippen LogP contribution < -0.4 is 19.8 Å². The van der Waals surface area contributed by atoms with E-state index in [-0.39, 0.29) is 10.8 Å². The zero-order valence-electron chi connectivity index (χ0n) is 23.6. The monoisotopic (exact) mass is 584 g/mol. The van der Waals surface area contributed by atoms with Crippen molar-refractivity contribution in [2.24, 2.45) is 5.10 Å². The van der Waals surface area contributed by atoms with Gasteiger partial charge >= 0.3 is 0 Å². The largest absolute Gasteiger partial charge is 0.494 e. The number of hydrogen-bond acceptors (Lipinski definition) is 6. The lowest BCUT2D eigenvalue weighted by Gasteiger charge is -2.24. The van der Waals surface area contributed by atoms with Gasteiger partial charge in [0.2, 0.25) is 0 Å². The van der Waals surface area contributed by atoms with Crippen LogP contribution in [0, 0.1) is 6.92 Å². The standard InChI is InChI=1S/C32H32N4O5S/c1-4-41-29-18-20-30(21-19-29)42(39,40)36(28-16-10-23(2)11-17-28)22-31(37)35-34-24(3)25-12-14-27(15-13-25)33-32(38)26-8-6-5-7-9-26/h5-21H,4,22H2,1-3H3,(H,33,38)(H,35,37)/b34-24-. The van der Waals surface area contributed by atoms with Crippen molar-refractivity contribution in [2.45, 2.75) is 25.7 Å². The third kappa shape index (κ3) is 7.61. The number of nitrogens with one attached hydrogen (secondary N) is 2. The minimum Gasteiger partial charge on any atom is -0.494 e. The van der Waals surface area contributed by atoms with Crippen LogP contribution in [0.25, 0.3) is 0 Å². The number of nitrogens with zero attached hydrogens (tertiary/aromatic N) is 2. The average Bonchev–Trinajstić information content (AvgIpc) is 3.00. The van der Waals surface area contributed by atoms with Crippen LogP contribution in [0.5, 0.6) is 5.75 Å². The summed E-state index contributed by atoms with van der Waals surface area (Å²) in [5.41, 5.74) is 6.13. The number of aryl methyl sites for hydroxylation is 1. The van der Waals surface area contributed by atoms with E-state index in [1.165, 1.54) is 12.1 Å². The number of benzene rings is 4. The van der Waals surface area contributed by atoms with Crippen LogP contribution in [0.2, 0.25) is 0 Å². The van der Waals surface area contributed by atoms with Crippen molar-refractivity contribution in [2.75, 3.05) is 22.8 Å². The molecule has 10 heteroatoms. The van der Waals surface area contributed by atoms with E-state index in [2.05, 4.69) is 15.8 Å². The molecule has 0 aromatic heterocycles. The second kappa shape index (κ2) is 13.6. The number of sulfonamides is 1. The number of amides is 2. The summed E-state index contributed by atoms with van der Waals surface area (Å²) < 4.78 is 33.7. The Kier molecular flexibility index (Phi) is 9.72. The van der Waals surface area contributed by atoms with Gasteiger partial charge in [-0.2, -0.15) is 5.10 Å². The summed E-state index contributed by atoms with van der Waals surface area (Å²) in [6.45, 7) is 5.42. The molecule has 4 aromatic carbocycles. The molecule has 2 amide bonds. The van der Waals surface area contributed by atoms with Gasteiger partial charge in [-0.05, 0) is 87.0 Å². The number of hydrazone groups is 1. The molecule has 4 rings (SSSR count). The quantitative estimate of drug-likeness (QED) is 0.181. The maximum absolute atomic E-state index is 13.6. The summed E-state index contributed by atoms with van der Waals surface area (Å²) in [5, 5.41) is 7.01. The molecule has 0 aliphatic carbocycles. The second-order valence-corrected chi connectivity index (χ2v) is 11.2. The highest BCUT2D eigenvalue weighted by atomic mass is 32.2. The summed E-state index contributed by atoms with van der Waals surface area (Å²) in [4.78, 5) is 25.4. The molecule has 216 valence electrons. The van der Waals surface area contributed by atoms with Gasteiger partial charge in [-0.3, -0.25) is 13.9 Å². The van der Waals surface area contributed by atoms with Gasteiger partial charge in [0, 0.05) is 11.3 Å². The van der Waals surface area contributed by atoms with Crippen molar-refractivity contribution >= 4 is 38.9 Å². The summed E-state index contributed by atoms with van der Waals surface area (Å²) in [5.74, 6) is -0.289. The van der Waals surface area contributed by atoms with Crippen molar-refractivity contribution < 1.29 is 22.7 Å². The van der Waals surface area contributed by atoms with E-state index in [0.29, 0.717) is 40.6 Å². The van der Waals surface area contributed by atoms with Crippen LogP contribution in [0.15, 0.2) is 113 Å². The predicted molar refractivity (Wildman–Crippen MR) is 165 cm³/mol. The zero-order valence-corrected chi connectivity index (χ0v) is 24.4. The van der Waals surface area contributed by atoms with Crippen molar-refractivity contribution in [1.29, 1.82) is 0 Å². The Morgan fingerprint density at radius 2 is 1.48 bits per heavy atom. The van der Waals surface area contributed by atoms with E-state index in [4.69, 9.17) is 4.74 Å². The molecule has 0 unspecified atom stereocenters. The molecule has 0 spiro atoms. The van der Waals surface area contributed by atoms with Gasteiger partial charge in [-0.1, -0.05) is 48.0 Å². The van der Waals surface area contributed by atoms with Crippen LogP contribution in [-0.4, -0.2) is 39.1 Å². The number of carbonyl (C=O) groups is 2. The van der Waals surface area contributed by atoms with E-state index < -0.39 is 22.5 Å². The first kappa shape index (κ1) is 30.0. The van der Waals surface area contributed by atoms with Crippen molar-refractivity contribution in [3.05, 3.63) is 120 Å². The van der Waals surface area contributed by atoms with Crippen molar-refractivity contribution in [3.63, 3.8) is 0 Å². The fourth-order valence-corrected chi connectivity index (χ4v) is 5.41. The summed E-state index contributed by atoms with van der Waals surface area (Å²) in [6, 6.07) is 28.8. The average molecular weight is 585 g/mol. The van der Waals surface area contributed by atoms with Crippen LogP contribution in [-0.2, 0) is 14.8 Å². The summed E-state index contributed by atoms with van der Waals surface area (Å²) >= 11 is 0. The normalized spacial score (nSPS) is 11.5. The van der Waals surface area contributed by atoms with E-state index in [1.54, 1.807) is 91.9 Å². The van der Waals surface area contributed by atoms with Crippen LogP contribution in [0.4, 0.5) is 11.4 Å². The first-order chi connectivity index (χ1) is 20.2. The van der Waals surface area contributed by atoms with E-state index >= 15 is 0 Å². The van der Waals surface area contributed by atoms with E-state index in [9.17, 15) is 18.0 Å². The molecule has 0 saturated carbocycles. The van der Waals surface area contributed by atoms with Gasteiger partial charge in [0.1, 0.15) is 12.3 Å². The summed E-state index contributed by atoms with van der Waals surface area (Å²) in [6.07, 6.45) is 0. The highest BCUT2D eigenvalue weighted by Gasteiger charge is 2.27. The third-order valence-corrected chi connectivity index (χ3v) is 8.06. The highest BCUT2D eigenvalue weighted by Crippen LogP contribution is 2.25. The smallest absolute Gasteiger partial charge is 0.264 e. The lowest BCUT2D eigenvalue weighted by molar-refractivity contribution is -0.119. The Morgan fingerprint density at radius 3 is 2.10 bits per heavy atom. The molecular weight excluding hydrogens is 552 g/mol. The molecule has 2 N–H and O–H groups in total. The highest BCUT2D eigenvalue weighted by molar-refractivity contribution is 7.92. The minimum absolute atomic E-state index is 0.0263. The molecule has 0 aliphatic heterocycles. The molecule has 0 atom stereocenters. The zero-order chi connectivity index (χ0) is 30.1. The lowest BCUT2D eigenvalue weighted by atomic mass is 10.1. The predicted octanol–water partition coefficient (Wildman–Crippen LogP) is 5.38. The van der Waals surface area contributed by atoms with Gasteiger partial charge < -0.3 is 10.1 Å². The molecule has 9 nitrogen and oxygen atoms in total. The van der Waals surface area contributed by atoms with Crippen LogP contribution in [0.3, 0.4) is 0 Å². The molecule has 0 radical (unpaired) electrons. The molecule has 0 bridgehead atoms. The number of anilines is 2. The van der Waals surface area contributed by atoms with Gasteiger partial charge in [-0.25, -0.2) is 13.8 Å². The first-order valence-corrected chi connectivity index (χ1v) is 14.7. The van der Waals surface area contributed by atoms with Crippen LogP contribution in [0.1, 0.15) is 35.3 Å². The molecule has 0 heterocycles. The van der Waals surface area contributed by atoms with Crippen LogP contribution >= 0.6 is 0 Å². The molecule has 0 fully saturated rings. The second-order valence-electron chi connectivity index (χ2n) is 9.38. The topological polar surface area (TPSA) is 117 Å². The maximum atomic E-state index is 13.6. The number of rotatable bonds is 11. The fourth-order valence-electron chi connectivity index (χ4n) is 3.99. The van der Waals surface area contributed by atoms with Crippen molar-refractivity contribution in [3.8, 4) is 5.75 Å². The number of carbonyl (C=O) groups excluding carboxylic acids is 2. The Morgan fingerprint density at radius 1 is 0.833 bits per heavy atom. The SMILES string of the molecule is CCOc1ccc(S(=O)(=O)N(CC(=O)N/N=C(/C)c2ccc(NC(=O)c3ccccc3)cc2)c2ccc(C)cc2)cc1. The molecular formula is C32H32N4O5S. The maximum Gasteiger partial charge on any atom is 0.264 e. The number of hydrogen-bond donors (Lipinski definition) is 2. The molecule has 0 saturated heterocycles. The lowest BCUT2D eigenvalue weighted by Crippen LogP contribution is -2.39.